The van der Waals surface area contributed by atoms with Gasteiger partial charge in [0, 0.05) is 19.1 Å². The summed E-state index contributed by atoms with van der Waals surface area (Å²) in [5, 5.41) is 10.5. The highest BCUT2D eigenvalue weighted by Gasteiger charge is 2.18. The highest BCUT2D eigenvalue weighted by atomic mass is 16.5. The van der Waals surface area contributed by atoms with Crippen molar-refractivity contribution in [2.75, 3.05) is 13.2 Å². The van der Waals surface area contributed by atoms with Crippen molar-refractivity contribution in [2.24, 2.45) is 0 Å². The summed E-state index contributed by atoms with van der Waals surface area (Å²) < 4.78 is 5.70. The minimum absolute atomic E-state index is 0.309. The molecule has 0 heterocycles. The van der Waals surface area contributed by atoms with Crippen molar-refractivity contribution in [2.45, 2.75) is 52.8 Å². The Kier molecular flexibility index (Phi) is 7.48. The first kappa shape index (κ1) is 19.5. The minimum atomic E-state index is -0.514. The average Bonchev–Trinajstić information content (AvgIpc) is 2.61. The second kappa shape index (κ2) is 9.59. The normalized spacial score (nSPS) is 13.7. The summed E-state index contributed by atoms with van der Waals surface area (Å²) in [6.45, 7) is 10.4. The van der Waals surface area contributed by atoms with E-state index in [4.69, 9.17) is 4.74 Å². The van der Waals surface area contributed by atoms with Gasteiger partial charge in [0.15, 0.2) is 0 Å². The molecule has 3 nitrogen and oxygen atoms in total. The standard InChI is InChI=1S/C22H31NO2/c1-5-19(4)23(14-20-12-11-17(2)13-18(20)3)15-21(24)16-25-22-9-7-6-8-10-22/h6-13,19,21,24H,5,14-16H2,1-4H3/t19-,21-/m1/s1. The Morgan fingerprint density at radius 1 is 1.08 bits per heavy atom. The van der Waals surface area contributed by atoms with E-state index < -0.39 is 6.10 Å². The summed E-state index contributed by atoms with van der Waals surface area (Å²) in [6.07, 6.45) is 0.539. The van der Waals surface area contributed by atoms with Crippen molar-refractivity contribution in [3.05, 3.63) is 65.2 Å². The van der Waals surface area contributed by atoms with Crippen molar-refractivity contribution in [3.63, 3.8) is 0 Å². The number of aryl methyl sites for hydroxylation is 2. The first-order chi connectivity index (χ1) is 12.0. The molecule has 25 heavy (non-hydrogen) atoms. The van der Waals surface area contributed by atoms with Crippen LogP contribution in [0.15, 0.2) is 48.5 Å². The van der Waals surface area contributed by atoms with Gasteiger partial charge in [-0.25, -0.2) is 0 Å². The molecule has 136 valence electrons. The van der Waals surface area contributed by atoms with Gasteiger partial charge in [0.2, 0.25) is 0 Å². The molecule has 0 fully saturated rings. The Bertz CT molecular complexity index is 642. The molecule has 0 aliphatic carbocycles. The first-order valence-electron chi connectivity index (χ1n) is 9.15. The van der Waals surface area contributed by atoms with E-state index in [1.807, 2.05) is 30.3 Å². The molecule has 3 heteroatoms. The Morgan fingerprint density at radius 2 is 1.80 bits per heavy atom. The van der Waals surface area contributed by atoms with Crippen molar-refractivity contribution in [1.29, 1.82) is 0 Å². The second-order valence-corrected chi connectivity index (χ2v) is 6.89. The zero-order valence-corrected chi connectivity index (χ0v) is 15.9. The summed E-state index contributed by atoms with van der Waals surface area (Å²) in [6, 6.07) is 16.6. The number of para-hydroxylation sites is 1. The lowest BCUT2D eigenvalue weighted by Gasteiger charge is -2.31. The van der Waals surface area contributed by atoms with Crippen LogP contribution in [0, 0.1) is 13.8 Å². The third-order valence-corrected chi connectivity index (χ3v) is 4.72. The van der Waals surface area contributed by atoms with Crippen molar-refractivity contribution in [3.8, 4) is 5.75 Å². The molecule has 0 spiro atoms. The molecule has 2 rings (SSSR count). The van der Waals surface area contributed by atoms with Crippen LogP contribution in [0.25, 0.3) is 0 Å². The predicted molar refractivity (Wildman–Crippen MR) is 104 cm³/mol. The molecule has 0 aliphatic rings. The number of hydrogen-bond donors (Lipinski definition) is 1. The second-order valence-electron chi connectivity index (χ2n) is 6.89. The molecule has 0 unspecified atom stereocenters. The highest BCUT2D eigenvalue weighted by Crippen LogP contribution is 2.17. The van der Waals surface area contributed by atoms with Crippen molar-refractivity contribution < 1.29 is 9.84 Å². The molecular weight excluding hydrogens is 310 g/mol. The molecule has 0 saturated carbocycles. The van der Waals surface area contributed by atoms with E-state index in [2.05, 4.69) is 50.8 Å². The fourth-order valence-corrected chi connectivity index (χ4v) is 2.93. The molecule has 0 radical (unpaired) electrons. The third kappa shape index (κ3) is 6.18. The average molecular weight is 341 g/mol. The molecule has 1 N–H and O–H groups in total. The van der Waals surface area contributed by atoms with Crippen LogP contribution in [-0.2, 0) is 6.54 Å². The number of hydrogen-bond acceptors (Lipinski definition) is 3. The van der Waals surface area contributed by atoms with E-state index in [0.717, 1.165) is 18.7 Å². The lowest BCUT2D eigenvalue weighted by Crippen LogP contribution is -2.40. The number of benzene rings is 2. The van der Waals surface area contributed by atoms with Gasteiger partial charge < -0.3 is 9.84 Å². The molecule has 0 aromatic heterocycles. The van der Waals surface area contributed by atoms with Crippen LogP contribution in [0.3, 0.4) is 0 Å². The lowest BCUT2D eigenvalue weighted by atomic mass is 10.0. The van der Waals surface area contributed by atoms with Gasteiger partial charge in [0.05, 0.1) is 0 Å². The third-order valence-electron chi connectivity index (χ3n) is 4.72. The van der Waals surface area contributed by atoms with Gasteiger partial charge in [-0.05, 0) is 50.5 Å². The van der Waals surface area contributed by atoms with E-state index in [-0.39, 0.29) is 0 Å². The first-order valence-corrected chi connectivity index (χ1v) is 9.15. The largest absolute Gasteiger partial charge is 0.491 e. The summed E-state index contributed by atoms with van der Waals surface area (Å²) in [5.74, 6) is 0.797. The topological polar surface area (TPSA) is 32.7 Å². The van der Waals surface area contributed by atoms with Crippen LogP contribution in [0.5, 0.6) is 5.75 Å². The quantitative estimate of drug-likeness (QED) is 0.736. The monoisotopic (exact) mass is 341 g/mol. The number of aliphatic hydroxyl groups excluding tert-OH is 1. The maximum Gasteiger partial charge on any atom is 0.119 e. The minimum Gasteiger partial charge on any atom is -0.491 e. The van der Waals surface area contributed by atoms with E-state index >= 15 is 0 Å². The molecular formula is C22H31NO2. The molecule has 2 atom stereocenters. The van der Waals surface area contributed by atoms with Crippen LogP contribution in [0.1, 0.15) is 37.0 Å². The van der Waals surface area contributed by atoms with Gasteiger partial charge in [0.25, 0.3) is 0 Å². The van der Waals surface area contributed by atoms with E-state index in [9.17, 15) is 5.11 Å². The maximum absolute atomic E-state index is 10.5. The summed E-state index contributed by atoms with van der Waals surface area (Å²) in [4.78, 5) is 2.34. The fraction of sp³-hybridized carbons (Fsp3) is 0.455. The molecule has 0 saturated heterocycles. The molecule has 0 aliphatic heterocycles. The molecule has 2 aromatic carbocycles. The van der Waals surface area contributed by atoms with Gasteiger partial charge in [-0.1, -0.05) is 48.9 Å². The number of aliphatic hydroxyl groups is 1. The van der Waals surface area contributed by atoms with Gasteiger partial charge in [0.1, 0.15) is 18.5 Å². The van der Waals surface area contributed by atoms with Gasteiger partial charge >= 0.3 is 0 Å². The van der Waals surface area contributed by atoms with E-state index in [1.54, 1.807) is 0 Å². The highest BCUT2D eigenvalue weighted by molar-refractivity contribution is 5.30. The van der Waals surface area contributed by atoms with E-state index in [1.165, 1.54) is 16.7 Å². The summed E-state index contributed by atoms with van der Waals surface area (Å²) in [5.41, 5.74) is 3.91. The van der Waals surface area contributed by atoms with E-state index in [0.29, 0.717) is 19.2 Å². The predicted octanol–water partition coefficient (Wildman–Crippen LogP) is 4.34. The van der Waals surface area contributed by atoms with Crippen molar-refractivity contribution in [1.82, 2.24) is 4.90 Å². The fourth-order valence-electron chi connectivity index (χ4n) is 2.93. The van der Waals surface area contributed by atoms with Gasteiger partial charge in [-0.15, -0.1) is 0 Å². The molecule has 2 aromatic rings. The zero-order chi connectivity index (χ0) is 18.2. The smallest absolute Gasteiger partial charge is 0.119 e. The Balaban J connectivity index is 1.97. The Labute approximate surface area is 152 Å². The van der Waals surface area contributed by atoms with Crippen LogP contribution in [0.4, 0.5) is 0 Å². The zero-order valence-electron chi connectivity index (χ0n) is 15.9. The Hall–Kier alpha value is -1.84. The SMILES string of the molecule is CC[C@@H](C)N(Cc1ccc(C)cc1C)C[C@@H](O)COc1ccccc1. The van der Waals surface area contributed by atoms with Gasteiger partial charge in [-0.3, -0.25) is 4.90 Å². The molecule has 0 amide bonds. The Morgan fingerprint density at radius 3 is 2.44 bits per heavy atom. The molecule has 0 bridgehead atoms. The number of ether oxygens (including phenoxy) is 1. The number of nitrogens with zero attached hydrogens (tertiary/aromatic N) is 1. The number of rotatable bonds is 9. The van der Waals surface area contributed by atoms with Crippen LogP contribution in [0.2, 0.25) is 0 Å². The maximum atomic E-state index is 10.5. The van der Waals surface area contributed by atoms with Crippen LogP contribution in [-0.4, -0.2) is 35.3 Å². The van der Waals surface area contributed by atoms with Crippen LogP contribution < -0.4 is 4.74 Å². The summed E-state index contributed by atoms with van der Waals surface area (Å²) in [7, 11) is 0. The van der Waals surface area contributed by atoms with Crippen LogP contribution >= 0.6 is 0 Å². The summed E-state index contributed by atoms with van der Waals surface area (Å²) >= 11 is 0. The lowest BCUT2D eigenvalue weighted by molar-refractivity contribution is 0.0505. The van der Waals surface area contributed by atoms with Crippen molar-refractivity contribution >= 4 is 0 Å². The van der Waals surface area contributed by atoms with Gasteiger partial charge in [-0.2, -0.15) is 0 Å².